The summed E-state index contributed by atoms with van der Waals surface area (Å²) in [5.74, 6) is 1.31. The normalized spacial score (nSPS) is 10.4. The molecule has 0 atom stereocenters. The second kappa shape index (κ2) is 7.76. The lowest BCUT2D eigenvalue weighted by molar-refractivity contribution is 0.104. The number of nitrogens with one attached hydrogen (secondary N) is 1. The number of methoxy groups -OCH3 is 2. The van der Waals surface area contributed by atoms with Gasteiger partial charge in [0, 0.05) is 33.9 Å². The van der Waals surface area contributed by atoms with Crippen molar-refractivity contribution in [2.75, 3.05) is 25.3 Å². The first-order valence-corrected chi connectivity index (χ1v) is 9.17. The van der Waals surface area contributed by atoms with Crippen LogP contribution < -0.4 is 20.5 Å². The van der Waals surface area contributed by atoms with Crippen molar-refractivity contribution >= 4 is 49.7 Å². The zero-order valence-corrected chi connectivity index (χ0v) is 16.5. The summed E-state index contributed by atoms with van der Waals surface area (Å²) in [5, 5.41) is 3.65. The SMILES string of the molecule is COc1cc(Nc2nc(N)c(C(=O)c3ccc(Br)cc3)s2)cc(OC)c1. The summed E-state index contributed by atoms with van der Waals surface area (Å²) in [6, 6.07) is 12.5. The van der Waals surface area contributed by atoms with Crippen LogP contribution in [0.15, 0.2) is 46.9 Å². The van der Waals surface area contributed by atoms with Crippen molar-refractivity contribution in [3.63, 3.8) is 0 Å². The molecule has 0 amide bonds. The standard InChI is InChI=1S/C18H16BrN3O3S/c1-24-13-7-12(8-14(9-13)25-2)21-18-22-17(20)16(26-18)15(23)10-3-5-11(19)6-4-10/h3-9H,20H2,1-2H3,(H,21,22). The van der Waals surface area contributed by atoms with Gasteiger partial charge in [-0.15, -0.1) is 0 Å². The Morgan fingerprint density at radius 2 is 1.73 bits per heavy atom. The molecule has 6 nitrogen and oxygen atoms in total. The van der Waals surface area contributed by atoms with E-state index in [9.17, 15) is 4.79 Å². The van der Waals surface area contributed by atoms with Gasteiger partial charge in [0.25, 0.3) is 0 Å². The number of carbonyl (C=O) groups is 1. The highest BCUT2D eigenvalue weighted by molar-refractivity contribution is 9.10. The van der Waals surface area contributed by atoms with Gasteiger partial charge >= 0.3 is 0 Å². The van der Waals surface area contributed by atoms with E-state index in [1.165, 1.54) is 11.3 Å². The fourth-order valence-corrected chi connectivity index (χ4v) is 3.41. The molecule has 26 heavy (non-hydrogen) atoms. The summed E-state index contributed by atoms with van der Waals surface area (Å²) in [6.45, 7) is 0. The van der Waals surface area contributed by atoms with Gasteiger partial charge in [-0.2, -0.15) is 0 Å². The molecule has 0 spiro atoms. The van der Waals surface area contributed by atoms with Gasteiger partial charge in [0.1, 0.15) is 22.2 Å². The van der Waals surface area contributed by atoms with E-state index in [2.05, 4.69) is 26.2 Å². The zero-order valence-electron chi connectivity index (χ0n) is 14.1. The maximum atomic E-state index is 12.7. The molecule has 8 heteroatoms. The van der Waals surface area contributed by atoms with E-state index in [0.717, 1.165) is 10.2 Å². The molecule has 0 bridgehead atoms. The fraction of sp³-hybridized carbons (Fsp3) is 0.111. The second-order valence-corrected chi connectivity index (χ2v) is 7.21. The highest BCUT2D eigenvalue weighted by Gasteiger charge is 2.18. The van der Waals surface area contributed by atoms with Crippen molar-refractivity contribution in [1.29, 1.82) is 0 Å². The summed E-state index contributed by atoms with van der Waals surface area (Å²) in [5.41, 5.74) is 7.23. The monoisotopic (exact) mass is 433 g/mol. The Hall–Kier alpha value is -2.58. The zero-order chi connectivity index (χ0) is 18.7. The van der Waals surface area contributed by atoms with Crippen molar-refractivity contribution in [3.8, 4) is 11.5 Å². The quantitative estimate of drug-likeness (QED) is 0.557. The lowest BCUT2D eigenvalue weighted by Gasteiger charge is -2.08. The van der Waals surface area contributed by atoms with Gasteiger partial charge in [-0.25, -0.2) is 4.98 Å². The van der Waals surface area contributed by atoms with Crippen LogP contribution in [0.1, 0.15) is 15.2 Å². The number of aromatic nitrogens is 1. The summed E-state index contributed by atoms with van der Waals surface area (Å²) in [7, 11) is 3.16. The third-order valence-electron chi connectivity index (χ3n) is 3.57. The molecule has 0 aliphatic heterocycles. The highest BCUT2D eigenvalue weighted by Crippen LogP contribution is 2.32. The fourth-order valence-electron chi connectivity index (χ4n) is 2.28. The molecule has 134 valence electrons. The van der Waals surface area contributed by atoms with Crippen molar-refractivity contribution < 1.29 is 14.3 Å². The molecule has 3 aromatic rings. The van der Waals surface area contributed by atoms with Crippen LogP contribution in [0, 0.1) is 0 Å². The Balaban J connectivity index is 1.86. The van der Waals surface area contributed by atoms with E-state index >= 15 is 0 Å². The van der Waals surface area contributed by atoms with Gasteiger partial charge in [0.15, 0.2) is 5.13 Å². The molecular weight excluding hydrogens is 418 g/mol. The molecule has 1 aromatic heterocycles. The van der Waals surface area contributed by atoms with E-state index in [1.54, 1.807) is 44.6 Å². The van der Waals surface area contributed by atoms with E-state index < -0.39 is 0 Å². The van der Waals surface area contributed by atoms with E-state index in [0.29, 0.717) is 27.1 Å². The minimum Gasteiger partial charge on any atom is -0.497 e. The number of halogens is 1. The Morgan fingerprint density at radius 1 is 1.12 bits per heavy atom. The van der Waals surface area contributed by atoms with E-state index in [1.807, 2.05) is 12.1 Å². The lowest BCUT2D eigenvalue weighted by atomic mass is 10.1. The summed E-state index contributed by atoms with van der Waals surface area (Å²) >= 11 is 4.55. The topological polar surface area (TPSA) is 86.5 Å². The molecular formula is C18H16BrN3O3S. The predicted octanol–water partition coefficient (Wildman–Crippen LogP) is 4.48. The molecule has 3 N–H and O–H groups in total. The maximum absolute atomic E-state index is 12.7. The first-order valence-electron chi connectivity index (χ1n) is 7.57. The molecule has 0 aliphatic carbocycles. The number of rotatable bonds is 6. The van der Waals surface area contributed by atoms with Gasteiger partial charge in [-0.3, -0.25) is 4.79 Å². The number of thiazole rings is 1. The summed E-state index contributed by atoms with van der Waals surface area (Å²) in [6.07, 6.45) is 0. The number of carbonyl (C=O) groups excluding carboxylic acids is 1. The Labute approximate surface area is 163 Å². The van der Waals surface area contributed by atoms with Crippen molar-refractivity contribution in [2.24, 2.45) is 0 Å². The molecule has 2 aromatic carbocycles. The number of ether oxygens (including phenoxy) is 2. The predicted molar refractivity (Wildman–Crippen MR) is 107 cm³/mol. The highest BCUT2D eigenvalue weighted by atomic mass is 79.9. The van der Waals surface area contributed by atoms with Crippen molar-refractivity contribution in [3.05, 3.63) is 57.4 Å². The molecule has 0 saturated heterocycles. The first kappa shape index (κ1) is 18.2. The molecule has 0 radical (unpaired) electrons. The smallest absolute Gasteiger partial charge is 0.206 e. The Bertz CT molecular complexity index is 919. The van der Waals surface area contributed by atoms with Gasteiger partial charge < -0.3 is 20.5 Å². The number of hydrogen-bond acceptors (Lipinski definition) is 7. The Morgan fingerprint density at radius 3 is 2.31 bits per heavy atom. The number of hydrogen-bond donors (Lipinski definition) is 2. The van der Waals surface area contributed by atoms with Crippen LogP contribution in [0.3, 0.4) is 0 Å². The number of benzene rings is 2. The van der Waals surface area contributed by atoms with Gasteiger partial charge in [0.05, 0.1) is 14.2 Å². The van der Waals surface area contributed by atoms with Crippen LogP contribution in [0.25, 0.3) is 0 Å². The van der Waals surface area contributed by atoms with Crippen molar-refractivity contribution in [1.82, 2.24) is 4.98 Å². The largest absolute Gasteiger partial charge is 0.497 e. The van der Waals surface area contributed by atoms with Crippen molar-refractivity contribution in [2.45, 2.75) is 0 Å². The maximum Gasteiger partial charge on any atom is 0.206 e. The Kier molecular flexibility index (Phi) is 5.43. The average molecular weight is 434 g/mol. The number of nitrogens with two attached hydrogens (primary N) is 1. The minimum absolute atomic E-state index is 0.163. The van der Waals surface area contributed by atoms with Crippen LogP contribution in [-0.4, -0.2) is 25.0 Å². The molecule has 0 aliphatic rings. The van der Waals surface area contributed by atoms with Gasteiger partial charge in [-0.1, -0.05) is 27.3 Å². The molecule has 1 heterocycles. The van der Waals surface area contributed by atoms with Gasteiger partial charge in [0.2, 0.25) is 5.78 Å². The van der Waals surface area contributed by atoms with E-state index in [4.69, 9.17) is 15.2 Å². The number of ketones is 1. The summed E-state index contributed by atoms with van der Waals surface area (Å²) < 4.78 is 11.4. The average Bonchev–Trinajstić information content (AvgIpc) is 3.01. The van der Waals surface area contributed by atoms with Crippen LogP contribution in [0.5, 0.6) is 11.5 Å². The van der Waals surface area contributed by atoms with Crippen LogP contribution in [0.4, 0.5) is 16.6 Å². The third-order valence-corrected chi connectivity index (χ3v) is 5.08. The van der Waals surface area contributed by atoms with Gasteiger partial charge in [-0.05, 0) is 24.3 Å². The molecule has 0 saturated carbocycles. The molecule has 0 fully saturated rings. The number of anilines is 3. The van der Waals surface area contributed by atoms with Crippen LogP contribution in [0.2, 0.25) is 0 Å². The third kappa shape index (κ3) is 3.97. The van der Waals surface area contributed by atoms with E-state index in [-0.39, 0.29) is 11.6 Å². The number of nitrogen functional groups attached to an aromatic ring is 1. The molecule has 0 unspecified atom stereocenters. The molecule has 3 rings (SSSR count). The first-order chi connectivity index (χ1) is 12.5. The lowest BCUT2D eigenvalue weighted by Crippen LogP contribution is -2.02. The van der Waals surface area contributed by atoms with Crippen LogP contribution in [-0.2, 0) is 0 Å². The number of nitrogens with zero attached hydrogens (tertiary/aromatic N) is 1. The second-order valence-electron chi connectivity index (χ2n) is 5.30. The summed E-state index contributed by atoms with van der Waals surface area (Å²) in [4.78, 5) is 17.3. The minimum atomic E-state index is -0.163. The van der Waals surface area contributed by atoms with Crippen LogP contribution >= 0.6 is 27.3 Å².